The van der Waals surface area contributed by atoms with Crippen LogP contribution in [0.5, 0.6) is 0 Å². The third kappa shape index (κ3) is 3.84. The van der Waals surface area contributed by atoms with Crippen LogP contribution in [0.4, 0.5) is 0 Å². The van der Waals surface area contributed by atoms with Crippen molar-refractivity contribution in [3.63, 3.8) is 0 Å². The molecular formula is C14H27N3. The average Bonchev–Trinajstić information content (AvgIpc) is 2.84. The molecule has 1 heterocycles. The molecule has 1 aromatic rings. The lowest BCUT2D eigenvalue weighted by Crippen LogP contribution is -2.40. The molecule has 0 aliphatic carbocycles. The predicted octanol–water partition coefficient (Wildman–Crippen LogP) is 3.52. The molecule has 0 bridgehead atoms. The van der Waals surface area contributed by atoms with E-state index in [0.29, 0.717) is 6.04 Å². The largest absolute Gasteiger partial charge is 0.306 e. The number of hydrogen-bond donors (Lipinski definition) is 1. The highest BCUT2D eigenvalue weighted by Crippen LogP contribution is 2.15. The molecule has 17 heavy (non-hydrogen) atoms. The van der Waals surface area contributed by atoms with Crippen LogP contribution in [0.25, 0.3) is 0 Å². The van der Waals surface area contributed by atoms with Gasteiger partial charge in [-0.2, -0.15) is 5.10 Å². The monoisotopic (exact) mass is 237 g/mol. The van der Waals surface area contributed by atoms with Crippen molar-refractivity contribution in [3.8, 4) is 0 Å². The lowest BCUT2D eigenvalue weighted by Gasteiger charge is -2.27. The molecule has 1 aromatic heterocycles. The van der Waals surface area contributed by atoms with E-state index >= 15 is 0 Å². The van der Waals surface area contributed by atoms with E-state index in [4.69, 9.17) is 0 Å². The fourth-order valence-electron chi connectivity index (χ4n) is 1.71. The average molecular weight is 237 g/mol. The van der Waals surface area contributed by atoms with Gasteiger partial charge in [0.2, 0.25) is 0 Å². The highest BCUT2D eigenvalue weighted by molar-refractivity contribution is 5.00. The molecule has 0 spiro atoms. The fourth-order valence-corrected chi connectivity index (χ4v) is 1.71. The van der Waals surface area contributed by atoms with Crippen LogP contribution in [0.15, 0.2) is 12.3 Å². The molecule has 0 saturated carbocycles. The van der Waals surface area contributed by atoms with Crippen molar-refractivity contribution >= 4 is 0 Å². The van der Waals surface area contributed by atoms with Crippen LogP contribution < -0.4 is 5.32 Å². The zero-order valence-corrected chi connectivity index (χ0v) is 12.0. The number of aromatic nitrogens is 2. The van der Waals surface area contributed by atoms with Gasteiger partial charge in [-0.25, -0.2) is 0 Å². The van der Waals surface area contributed by atoms with Crippen LogP contribution in [0.2, 0.25) is 0 Å². The van der Waals surface area contributed by atoms with Gasteiger partial charge < -0.3 is 5.32 Å². The summed E-state index contributed by atoms with van der Waals surface area (Å²) in [5, 5.41) is 8.21. The standard InChI is InChI=1S/C14H27N3/c1-6-12(4)17-10-9-13(16-17)11-15-14(5,7-2)8-3/h9-10,12,15H,6-8,11H2,1-5H3. The van der Waals surface area contributed by atoms with E-state index in [1.165, 1.54) is 0 Å². The molecule has 0 aliphatic rings. The highest BCUT2D eigenvalue weighted by atomic mass is 15.3. The summed E-state index contributed by atoms with van der Waals surface area (Å²) >= 11 is 0. The van der Waals surface area contributed by atoms with Gasteiger partial charge in [-0.05, 0) is 39.2 Å². The van der Waals surface area contributed by atoms with Gasteiger partial charge in [-0.15, -0.1) is 0 Å². The third-order valence-corrected chi connectivity index (χ3v) is 3.96. The van der Waals surface area contributed by atoms with E-state index in [0.717, 1.165) is 31.5 Å². The van der Waals surface area contributed by atoms with Crippen molar-refractivity contribution in [3.05, 3.63) is 18.0 Å². The van der Waals surface area contributed by atoms with Crippen molar-refractivity contribution in [2.45, 2.75) is 72.0 Å². The zero-order chi connectivity index (χ0) is 12.9. The Bertz CT molecular complexity index is 326. The molecule has 0 saturated heterocycles. The number of nitrogens with one attached hydrogen (secondary N) is 1. The highest BCUT2D eigenvalue weighted by Gasteiger charge is 2.18. The minimum Gasteiger partial charge on any atom is -0.306 e. The summed E-state index contributed by atoms with van der Waals surface area (Å²) in [7, 11) is 0. The summed E-state index contributed by atoms with van der Waals surface area (Å²) in [6.45, 7) is 12.0. The Morgan fingerprint density at radius 3 is 2.53 bits per heavy atom. The van der Waals surface area contributed by atoms with Crippen LogP contribution in [-0.2, 0) is 6.54 Å². The lowest BCUT2D eigenvalue weighted by atomic mass is 9.95. The second kappa shape index (κ2) is 6.20. The first-order valence-corrected chi connectivity index (χ1v) is 6.83. The molecule has 0 aliphatic heterocycles. The smallest absolute Gasteiger partial charge is 0.0762 e. The summed E-state index contributed by atoms with van der Waals surface area (Å²) in [6.07, 6.45) is 5.50. The first-order valence-electron chi connectivity index (χ1n) is 6.83. The van der Waals surface area contributed by atoms with Gasteiger partial charge in [0.15, 0.2) is 0 Å². The van der Waals surface area contributed by atoms with Crippen molar-refractivity contribution in [1.82, 2.24) is 15.1 Å². The summed E-state index contributed by atoms with van der Waals surface area (Å²) in [5.74, 6) is 0. The Kier molecular flexibility index (Phi) is 5.19. The normalized spacial score (nSPS) is 13.9. The lowest BCUT2D eigenvalue weighted by molar-refractivity contribution is 0.326. The van der Waals surface area contributed by atoms with Crippen LogP contribution in [0, 0.1) is 0 Å². The SMILES string of the molecule is CCC(C)n1ccc(CNC(C)(CC)CC)n1. The van der Waals surface area contributed by atoms with E-state index in [2.05, 4.69) is 62.0 Å². The number of nitrogens with zero attached hydrogens (tertiary/aromatic N) is 2. The Labute approximate surface area is 106 Å². The maximum absolute atomic E-state index is 4.61. The maximum atomic E-state index is 4.61. The molecule has 1 unspecified atom stereocenters. The molecule has 1 rings (SSSR count). The van der Waals surface area contributed by atoms with E-state index in [-0.39, 0.29) is 5.54 Å². The van der Waals surface area contributed by atoms with Crippen LogP contribution in [0.3, 0.4) is 0 Å². The molecule has 1 atom stereocenters. The van der Waals surface area contributed by atoms with Gasteiger partial charge in [-0.1, -0.05) is 20.8 Å². The summed E-state index contributed by atoms with van der Waals surface area (Å²) in [5.41, 5.74) is 1.37. The van der Waals surface area contributed by atoms with E-state index in [1.54, 1.807) is 0 Å². The van der Waals surface area contributed by atoms with Gasteiger partial charge >= 0.3 is 0 Å². The Balaban J connectivity index is 2.55. The second-order valence-corrected chi connectivity index (χ2v) is 5.17. The van der Waals surface area contributed by atoms with E-state index in [9.17, 15) is 0 Å². The minimum absolute atomic E-state index is 0.236. The molecule has 0 fully saturated rings. The topological polar surface area (TPSA) is 29.9 Å². The molecular weight excluding hydrogens is 210 g/mol. The Morgan fingerprint density at radius 1 is 1.35 bits per heavy atom. The van der Waals surface area contributed by atoms with E-state index < -0.39 is 0 Å². The first kappa shape index (κ1) is 14.2. The Hall–Kier alpha value is -0.830. The number of rotatable bonds is 7. The molecule has 0 aromatic carbocycles. The van der Waals surface area contributed by atoms with Gasteiger partial charge in [0.05, 0.1) is 5.69 Å². The van der Waals surface area contributed by atoms with Crippen LogP contribution in [-0.4, -0.2) is 15.3 Å². The van der Waals surface area contributed by atoms with Crippen LogP contribution in [0.1, 0.15) is 65.6 Å². The predicted molar refractivity (Wildman–Crippen MR) is 73.1 cm³/mol. The summed E-state index contributed by atoms with van der Waals surface area (Å²) in [4.78, 5) is 0. The molecule has 0 amide bonds. The first-order chi connectivity index (χ1) is 8.04. The van der Waals surface area contributed by atoms with Gasteiger partial charge in [0, 0.05) is 24.3 Å². The van der Waals surface area contributed by atoms with E-state index in [1.807, 2.05) is 0 Å². The van der Waals surface area contributed by atoms with Crippen molar-refractivity contribution in [2.75, 3.05) is 0 Å². The van der Waals surface area contributed by atoms with Crippen molar-refractivity contribution < 1.29 is 0 Å². The van der Waals surface area contributed by atoms with Crippen molar-refractivity contribution in [2.24, 2.45) is 0 Å². The van der Waals surface area contributed by atoms with Gasteiger partial charge in [0.1, 0.15) is 0 Å². The summed E-state index contributed by atoms with van der Waals surface area (Å²) in [6, 6.07) is 2.61. The minimum atomic E-state index is 0.236. The fraction of sp³-hybridized carbons (Fsp3) is 0.786. The Morgan fingerprint density at radius 2 is 2.00 bits per heavy atom. The molecule has 98 valence electrons. The maximum Gasteiger partial charge on any atom is 0.0762 e. The zero-order valence-electron chi connectivity index (χ0n) is 12.0. The molecule has 0 radical (unpaired) electrons. The van der Waals surface area contributed by atoms with Crippen LogP contribution >= 0.6 is 0 Å². The van der Waals surface area contributed by atoms with Crippen molar-refractivity contribution in [1.29, 1.82) is 0 Å². The molecule has 1 N–H and O–H groups in total. The summed E-state index contributed by atoms with van der Waals surface area (Å²) < 4.78 is 2.06. The quantitative estimate of drug-likeness (QED) is 0.786. The molecule has 3 nitrogen and oxygen atoms in total. The second-order valence-electron chi connectivity index (χ2n) is 5.17. The number of hydrogen-bond acceptors (Lipinski definition) is 2. The molecule has 3 heteroatoms. The van der Waals surface area contributed by atoms with Gasteiger partial charge in [0.25, 0.3) is 0 Å². The van der Waals surface area contributed by atoms with Gasteiger partial charge in [-0.3, -0.25) is 4.68 Å². The third-order valence-electron chi connectivity index (χ3n) is 3.96.